The van der Waals surface area contributed by atoms with Crippen LogP contribution in [0.15, 0.2) is 24.3 Å². The predicted molar refractivity (Wildman–Crippen MR) is 95.0 cm³/mol. The van der Waals surface area contributed by atoms with Crippen LogP contribution in [0, 0.1) is 0 Å². The second-order valence-corrected chi connectivity index (χ2v) is 8.51. The van der Waals surface area contributed by atoms with Gasteiger partial charge in [0.2, 0.25) is 0 Å². The van der Waals surface area contributed by atoms with Crippen molar-refractivity contribution >= 4 is 13.6 Å². The minimum absolute atomic E-state index is 0.149. The van der Waals surface area contributed by atoms with Crippen LogP contribution in [0.4, 0.5) is 0 Å². The molecule has 1 aromatic carbocycles. The third kappa shape index (κ3) is 6.20. The van der Waals surface area contributed by atoms with Crippen molar-refractivity contribution in [2.75, 3.05) is 13.2 Å². The van der Waals surface area contributed by atoms with Crippen LogP contribution in [-0.4, -0.2) is 29.9 Å². The smallest absolute Gasteiger partial charge is 0.363 e. The molecular weight excluding hydrogens is 345 g/mol. The number of carbonyl (C=O) groups excluding carboxylic acids is 1. The Morgan fingerprint density at radius 1 is 1.12 bits per heavy atom. The largest absolute Gasteiger partial charge is 0.459 e. The second-order valence-electron chi connectivity index (χ2n) is 6.43. The van der Waals surface area contributed by atoms with Crippen molar-refractivity contribution in [3.8, 4) is 0 Å². The molecule has 0 heterocycles. The zero-order valence-corrected chi connectivity index (χ0v) is 16.3. The van der Waals surface area contributed by atoms with Crippen molar-refractivity contribution in [2.24, 2.45) is 5.73 Å². The summed E-state index contributed by atoms with van der Waals surface area (Å²) in [4.78, 5) is 12.0. The van der Waals surface area contributed by atoms with Crippen LogP contribution in [0.25, 0.3) is 0 Å². The third-order valence-electron chi connectivity index (χ3n) is 3.17. The highest BCUT2D eigenvalue weighted by Gasteiger charge is 2.35. The number of hydrogen-bond donors (Lipinski definition) is 2. The van der Waals surface area contributed by atoms with Crippen LogP contribution < -0.4 is 5.73 Å². The molecule has 142 valence electrons. The lowest BCUT2D eigenvalue weighted by atomic mass is 10.1. The monoisotopic (exact) mass is 373 g/mol. The van der Waals surface area contributed by atoms with E-state index in [1.807, 2.05) is 0 Å². The zero-order valence-electron chi connectivity index (χ0n) is 15.4. The lowest BCUT2D eigenvalue weighted by Gasteiger charge is -2.24. The fourth-order valence-electron chi connectivity index (χ4n) is 2.10. The molecule has 0 aliphatic rings. The standard InChI is InChI=1S/C17H28NO6P/c1-6-22-25(21,23-7-2)16(20)13-10-8-12(9-11-13)14(18)15(19)24-17(3,4)5/h8-11,14,16,20H,6-7,18H2,1-5H3. The van der Waals surface area contributed by atoms with E-state index in [0.717, 1.165) is 0 Å². The van der Waals surface area contributed by atoms with Crippen molar-refractivity contribution in [2.45, 2.75) is 52.1 Å². The van der Waals surface area contributed by atoms with Gasteiger partial charge in [0.25, 0.3) is 0 Å². The first-order valence-corrected chi connectivity index (χ1v) is 9.80. The Morgan fingerprint density at radius 2 is 1.56 bits per heavy atom. The van der Waals surface area contributed by atoms with Crippen LogP contribution in [0.1, 0.15) is 57.6 Å². The molecule has 0 radical (unpaired) electrons. The van der Waals surface area contributed by atoms with Gasteiger partial charge in [-0.1, -0.05) is 24.3 Å². The van der Waals surface area contributed by atoms with E-state index in [1.165, 1.54) is 12.1 Å². The van der Waals surface area contributed by atoms with Gasteiger partial charge in [-0.25, -0.2) is 4.79 Å². The molecule has 3 N–H and O–H groups in total. The van der Waals surface area contributed by atoms with E-state index in [1.54, 1.807) is 46.8 Å². The highest BCUT2D eigenvalue weighted by Crippen LogP contribution is 2.59. The van der Waals surface area contributed by atoms with Gasteiger partial charge in [0.15, 0.2) is 5.85 Å². The van der Waals surface area contributed by atoms with Gasteiger partial charge in [0, 0.05) is 0 Å². The third-order valence-corrected chi connectivity index (χ3v) is 5.31. The molecule has 0 aromatic heterocycles. The van der Waals surface area contributed by atoms with Crippen molar-refractivity contribution < 1.29 is 28.3 Å². The van der Waals surface area contributed by atoms with E-state index in [-0.39, 0.29) is 13.2 Å². The van der Waals surface area contributed by atoms with Gasteiger partial charge in [0.1, 0.15) is 11.6 Å². The highest BCUT2D eigenvalue weighted by molar-refractivity contribution is 7.54. The van der Waals surface area contributed by atoms with Gasteiger partial charge in [-0.3, -0.25) is 4.57 Å². The van der Waals surface area contributed by atoms with E-state index < -0.39 is 31.1 Å². The molecular formula is C17H28NO6P. The molecule has 2 atom stereocenters. The van der Waals surface area contributed by atoms with Crippen molar-refractivity contribution in [1.29, 1.82) is 0 Å². The molecule has 2 unspecified atom stereocenters. The summed E-state index contributed by atoms with van der Waals surface area (Å²) >= 11 is 0. The highest BCUT2D eigenvalue weighted by atomic mass is 31.2. The van der Waals surface area contributed by atoms with Crippen molar-refractivity contribution in [3.63, 3.8) is 0 Å². The van der Waals surface area contributed by atoms with Gasteiger partial charge >= 0.3 is 13.6 Å². The lowest BCUT2D eigenvalue weighted by molar-refractivity contribution is -0.156. The average Bonchev–Trinajstić information content (AvgIpc) is 2.52. The normalized spacial score (nSPS) is 14.8. The summed E-state index contributed by atoms with van der Waals surface area (Å²) in [5, 5.41) is 10.4. The molecule has 0 aliphatic carbocycles. The second kappa shape index (κ2) is 8.92. The SMILES string of the molecule is CCOP(=O)(OCC)C(O)c1ccc(C(N)C(=O)OC(C)(C)C)cc1. The zero-order chi connectivity index (χ0) is 19.3. The number of esters is 1. The van der Waals surface area contributed by atoms with Crippen molar-refractivity contribution in [1.82, 2.24) is 0 Å². The van der Waals surface area contributed by atoms with Gasteiger partial charge in [-0.2, -0.15) is 0 Å². The first-order chi connectivity index (χ1) is 11.5. The van der Waals surface area contributed by atoms with E-state index in [0.29, 0.717) is 11.1 Å². The number of benzene rings is 1. The quantitative estimate of drug-likeness (QED) is 0.532. The van der Waals surface area contributed by atoms with Crippen LogP contribution >= 0.6 is 7.60 Å². The number of ether oxygens (including phenoxy) is 1. The minimum atomic E-state index is -3.69. The fourth-order valence-corrected chi connectivity index (χ4v) is 3.71. The number of rotatable bonds is 8. The summed E-state index contributed by atoms with van der Waals surface area (Å²) in [5.74, 6) is -1.96. The van der Waals surface area contributed by atoms with Gasteiger partial charge in [0.05, 0.1) is 13.2 Å². The molecule has 1 rings (SSSR count). The Bertz CT molecular complexity index is 601. The maximum atomic E-state index is 12.6. The predicted octanol–water partition coefficient (Wildman–Crippen LogP) is 3.29. The Balaban J connectivity index is 2.94. The summed E-state index contributed by atoms with van der Waals surface area (Å²) in [6, 6.07) is 5.28. The molecule has 7 nitrogen and oxygen atoms in total. The first kappa shape index (κ1) is 21.8. The number of hydrogen-bond acceptors (Lipinski definition) is 7. The molecule has 0 spiro atoms. The van der Waals surface area contributed by atoms with Crippen molar-refractivity contribution in [3.05, 3.63) is 35.4 Å². The maximum Gasteiger partial charge on any atom is 0.363 e. The van der Waals surface area contributed by atoms with E-state index in [9.17, 15) is 14.5 Å². The molecule has 8 heteroatoms. The number of aliphatic hydroxyl groups excluding tert-OH is 1. The van der Waals surface area contributed by atoms with Crippen LogP contribution in [0.2, 0.25) is 0 Å². The van der Waals surface area contributed by atoms with Crippen LogP contribution in [0.5, 0.6) is 0 Å². The molecule has 0 fully saturated rings. The lowest BCUT2D eigenvalue weighted by Crippen LogP contribution is -2.31. The molecule has 0 aliphatic heterocycles. The summed E-state index contributed by atoms with van der Waals surface area (Å²) < 4.78 is 28.1. The van der Waals surface area contributed by atoms with Crippen LogP contribution in [0.3, 0.4) is 0 Å². The fraction of sp³-hybridized carbons (Fsp3) is 0.588. The topological polar surface area (TPSA) is 108 Å². The molecule has 0 saturated heterocycles. The summed E-state index contributed by atoms with van der Waals surface area (Å²) in [6.07, 6.45) is 0. The summed E-state index contributed by atoms with van der Waals surface area (Å²) in [6.45, 7) is 8.91. The molecule has 25 heavy (non-hydrogen) atoms. The molecule has 0 amide bonds. The minimum Gasteiger partial charge on any atom is -0.459 e. The molecule has 0 bridgehead atoms. The molecule has 1 aromatic rings. The Morgan fingerprint density at radius 3 is 1.96 bits per heavy atom. The Kier molecular flexibility index (Phi) is 7.78. The van der Waals surface area contributed by atoms with Gasteiger partial charge in [-0.15, -0.1) is 0 Å². The first-order valence-electron chi connectivity index (χ1n) is 8.19. The Labute approximate surface area is 149 Å². The van der Waals surface area contributed by atoms with E-state index in [2.05, 4.69) is 0 Å². The summed E-state index contributed by atoms with van der Waals surface area (Å²) in [5.41, 5.74) is 6.15. The average molecular weight is 373 g/mol. The Hall–Kier alpha value is -1.24. The van der Waals surface area contributed by atoms with E-state index in [4.69, 9.17) is 19.5 Å². The number of aliphatic hydroxyl groups is 1. The maximum absolute atomic E-state index is 12.6. The number of carbonyl (C=O) groups is 1. The van der Waals surface area contributed by atoms with E-state index >= 15 is 0 Å². The number of nitrogens with two attached hydrogens (primary N) is 1. The van der Waals surface area contributed by atoms with Gasteiger partial charge in [-0.05, 0) is 45.7 Å². The summed E-state index contributed by atoms with van der Waals surface area (Å²) in [7, 11) is -3.69. The van der Waals surface area contributed by atoms with Gasteiger partial charge < -0.3 is 24.6 Å². The van der Waals surface area contributed by atoms with Crippen LogP contribution in [-0.2, 0) is 23.1 Å². The molecule has 0 saturated carbocycles.